The number of nitrogens with zero attached hydrogens (tertiary/aromatic N) is 2. The van der Waals surface area contributed by atoms with E-state index >= 15 is 0 Å². The quantitative estimate of drug-likeness (QED) is 0.640. The van der Waals surface area contributed by atoms with E-state index in [4.69, 9.17) is 11.5 Å². The van der Waals surface area contributed by atoms with Crippen LogP contribution in [0.5, 0.6) is 0 Å². The zero-order chi connectivity index (χ0) is 14.7. The molecular formula is C16H15N5. The van der Waals surface area contributed by atoms with Crippen LogP contribution >= 0.6 is 0 Å². The molecule has 0 aliphatic heterocycles. The zero-order valence-corrected chi connectivity index (χ0v) is 11.3. The summed E-state index contributed by atoms with van der Waals surface area (Å²) in [5.41, 5.74) is 14.9. The zero-order valence-electron chi connectivity index (χ0n) is 11.3. The molecule has 0 bridgehead atoms. The van der Waals surface area contributed by atoms with Gasteiger partial charge in [-0.3, -0.25) is 0 Å². The molecule has 0 atom stereocenters. The van der Waals surface area contributed by atoms with Crippen LogP contribution in [0.4, 0.5) is 23.1 Å². The molecule has 0 saturated carbocycles. The lowest BCUT2D eigenvalue weighted by molar-refractivity contribution is 1.19. The predicted molar refractivity (Wildman–Crippen MR) is 86.0 cm³/mol. The largest absolute Gasteiger partial charge is 0.399 e. The van der Waals surface area contributed by atoms with Crippen molar-refractivity contribution in [3.8, 4) is 11.3 Å². The van der Waals surface area contributed by atoms with E-state index in [1.54, 1.807) is 0 Å². The van der Waals surface area contributed by atoms with E-state index in [0.717, 1.165) is 16.9 Å². The number of hydrogen-bond donors (Lipinski definition) is 3. The summed E-state index contributed by atoms with van der Waals surface area (Å²) < 4.78 is 0. The number of anilines is 4. The number of nitrogens with two attached hydrogens (primary N) is 2. The molecular weight excluding hydrogens is 262 g/mol. The van der Waals surface area contributed by atoms with Crippen molar-refractivity contribution in [1.82, 2.24) is 9.97 Å². The lowest BCUT2D eigenvalue weighted by atomic mass is 10.1. The summed E-state index contributed by atoms with van der Waals surface area (Å²) in [4.78, 5) is 8.46. The van der Waals surface area contributed by atoms with Gasteiger partial charge in [-0.15, -0.1) is 0 Å². The Labute approximate surface area is 122 Å². The number of nitrogen functional groups attached to an aromatic ring is 2. The number of hydrogen-bond acceptors (Lipinski definition) is 5. The van der Waals surface area contributed by atoms with Crippen LogP contribution in [0.3, 0.4) is 0 Å². The van der Waals surface area contributed by atoms with Crippen molar-refractivity contribution in [3.05, 3.63) is 60.7 Å². The van der Waals surface area contributed by atoms with Gasteiger partial charge in [-0.25, -0.2) is 4.98 Å². The lowest BCUT2D eigenvalue weighted by Crippen LogP contribution is -2.01. The molecule has 5 N–H and O–H groups in total. The van der Waals surface area contributed by atoms with E-state index in [1.165, 1.54) is 0 Å². The van der Waals surface area contributed by atoms with Gasteiger partial charge in [0.25, 0.3) is 0 Å². The van der Waals surface area contributed by atoms with Gasteiger partial charge in [-0.2, -0.15) is 4.98 Å². The molecule has 0 spiro atoms. The van der Waals surface area contributed by atoms with E-state index < -0.39 is 0 Å². The summed E-state index contributed by atoms with van der Waals surface area (Å²) in [7, 11) is 0. The summed E-state index contributed by atoms with van der Waals surface area (Å²) in [5, 5.41) is 3.21. The Kier molecular flexibility index (Phi) is 3.39. The van der Waals surface area contributed by atoms with E-state index in [9.17, 15) is 0 Å². The highest BCUT2D eigenvalue weighted by Gasteiger charge is 2.05. The standard InChI is InChI=1S/C16H15N5/c17-12-6-4-5-11(9-12)14-10-15(21-16(18)20-14)19-13-7-2-1-3-8-13/h1-10H,17H2,(H3,18,19,20,21). The highest BCUT2D eigenvalue weighted by molar-refractivity contribution is 5.69. The first kappa shape index (κ1) is 12.9. The van der Waals surface area contributed by atoms with Crippen LogP contribution in [0, 0.1) is 0 Å². The number of nitrogens with one attached hydrogen (secondary N) is 1. The minimum atomic E-state index is 0.216. The molecule has 0 aliphatic rings. The van der Waals surface area contributed by atoms with Gasteiger partial charge in [-0.05, 0) is 24.3 Å². The van der Waals surface area contributed by atoms with Crippen molar-refractivity contribution in [2.75, 3.05) is 16.8 Å². The number of aromatic nitrogens is 2. The van der Waals surface area contributed by atoms with Crippen molar-refractivity contribution < 1.29 is 0 Å². The van der Waals surface area contributed by atoms with Gasteiger partial charge in [0.15, 0.2) is 0 Å². The van der Waals surface area contributed by atoms with Gasteiger partial charge >= 0.3 is 0 Å². The van der Waals surface area contributed by atoms with Crippen LogP contribution in [0.2, 0.25) is 0 Å². The Morgan fingerprint density at radius 3 is 2.38 bits per heavy atom. The summed E-state index contributed by atoms with van der Waals surface area (Å²) in [6.45, 7) is 0. The molecule has 0 fully saturated rings. The molecule has 1 heterocycles. The van der Waals surface area contributed by atoms with Gasteiger partial charge in [0, 0.05) is 23.0 Å². The maximum Gasteiger partial charge on any atom is 0.222 e. The first-order chi connectivity index (χ1) is 10.2. The van der Waals surface area contributed by atoms with E-state index in [2.05, 4.69) is 15.3 Å². The first-order valence-electron chi connectivity index (χ1n) is 6.53. The molecule has 0 saturated heterocycles. The molecule has 0 aliphatic carbocycles. The first-order valence-corrected chi connectivity index (χ1v) is 6.53. The molecule has 2 aromatic carbocycles. The molecule has 5 heteroatoms. The SMILES string of the molecule is Nc1cccc(-c2cc(Nc3ccccc3)nc(N)n2)c1. The van der Waals surface area contributed by atoms with E-state index in [1.807, 2.05) is 60.7 Å². The normalized spacial score (nSPS) is 10.3. The highest BCUT2D eigenvalue weighted by Crippen LogP contribution is 2.24. The minimum Gasteiger partial charge on any atom is -0.399 e. The third-order valence-electron chi connectivity index (χ3n) is 2.97. The smallest absolute Gasteiger partial charge is 0.222 e. The van der Waals surface area contributed by atoms with Crippen LogP contribution in [0.25, 0.3) is 11.3 Å². The van der Waals surface area contributed by atoms with Crippen LogP contribution in [-0.2, 0) is 0 Å². The fourth-order valence-corrected chi connectivity index (χ4v) is 2.05. The van der Waals surface area contributed by atoms with Gasteiger partial charge in [0.1, 0.15) is 5.82 Å². The van der Waals surface area contributed by atoms with Gasteiger partial charge < -0.3 is 16.8 Å². The highest BCUT2D eigenvalue weighted by atomic mass is 15.1. The summed E-state index contributed by atoms with van der Waals surface area (Å²) in [5.74, 6) is 0.861. The van der Waals surface area contributed by atoms with Crippen molar-refractivity contribution >= 4 is 23.1 Å². The average molecular weight is 277 g/mol. The van der Waals surface area contributed by atoms with Crippen LogP contribution in [-0.4, -0.2) is 9.97 Å². The van der Waals surface area contributed by atoms with Crippen molar-refractivity contribution in [1.29, 1.82) is 0 Å². The monoisotopic (exact) mass is 277 g/mol. The predicted octanol–water partition coefficient (Wildman–Crippen LogP) is 3.05. The summed E-state index contributed by atoms with van der Waals surface area (Å²) >= 11 is 0. The van der Waals surface area contributed by atoms with Gasteiger partial charge in [0.2, 0.25) is 5.95 Å². The van der Waals surface area contributed by atoms with Crippen molar-refractivity contribution in [2.24, 2.45) is 0 Å². The topological polar surface area (TPSA) is 89.8 Å². The third kappa shape index (κ3) is 3.09. The molecule has 1 aromatic heterocycles. The van der Waals surface area contributed by atoms with E-state index in [0.29, 0.717) is 11.5 Å². The Morgan fingerprint density at radius 2 is 1.62 bits per heavy atom. The maximum absolute atomic E-state index is 5.81. The lowest BCUT2D eigenvalue weighted by Gasteiger charge is -2.09. The maximum atomic E-state index is 5.81. The second kappa shape index (κ2) is 5.50. The molecule has 104 valence electrons. The molecule has 3 aromatic rings. The Bertz CT molecular complexity index is 756. The fraction of sp³-hybridized carbons (Fsp3) is 0. The van der Waals surface area contributed by atoms with Gasteiger partial charge in [0.05, 0.1) is 5.69 Å². The summed E-state index contributed by atoms with van der Waals surface area (Å²) in [6.07, 6.45) is 0. The Morgan fingerprint density at radius 1 is 0.810 bits per heavy atom. The number of rotatable bonds is 3. The van der Waals surface area contributed by atoms with Crippen LogP contribution in [0.15, 0.2) is 60.7 Å². The minimum absolute atomic E-state index is 0.216. The molecule has 0 unspecified atom stereocenters. The molecule has 0 radical (unpaired) electrons. The van der Waals surface area contributed by atoms with Gasteiger partial charge in [-0.1, -0.05) is 30.3 Å². The van der Waals surface area contributed by atoms with Crippen LogP contribution in [0.1, 0.15) is 0 Å². The fourth-order valence-electron chi connectivity index (χ4n) is 2.05. The second-order valence-electron chi connectivity index (χ2n) is 4.61. The molecule has 21 heavy (non-hydrogen) atoms. The van der Waals surface area contributed by atoms with Crippen molar-refractivity contribution in [2.45, 2.75) is 0 Å². The number of para-hydroxylation sites is 1. The molecule has 3 rings (SSSR count). The van der Waals surface area contributed by atoms with E-state index in [-0.39, 0.29) is 5.95 Å². The third-order valence-corrected chi connectivity index (χ3v) is 2.97. The van der Waals surface area contributed by atoms with Crippen LogP contribution < -0.4 is 16.8 Å². The molecule has 5 nitrogen and oxygen atoms in total. The summed E-state index contributed by atoms with van der Waals surface area (Å²) in [6, 6.07) is 19.1. The average Bonchev–Trinajstić information content (AvgIpc) is 2.48. The van der Waals surface area contributed by atoms with Crippen molar-refractivity contribution in [3.63, 3.8) is 0 Å². The second-order valence-corrected chi connectivity index (χ2v) is 4.61. The Balaban J connectivity index is 1.97. The molecule has 0 amide bonds. The Hall–Kier alpha value is -3.08. The number of benzene rings is 2.